The number of carbonyl (C=O) groups excluding carboxylic acids is 1. The molecule has 2 rings (SSSR count). The van der Waals surface area contributed by atoms with Crippen LogP contribution in [0, 0.1) is 11.8 Å². The fraction of sp³-hybridized carbons (Fsp3) is 0.643. The standard InChI is InChI=1S/C14H21N3O3/c1-8(2)12(14(19)20)16-13(18)9-4-5-10-7-15-17(3)11(10)6-9/h7-9,12H,4-6H2,1-3H3,(H,16,18)(H,19,20)/t9?,12-/m1/s1. The van der Waals surface area contributed by atoms with Gasteiger partial charge in [0, 0.05) is 25.1 Å². The van der Waals surface area contributed by atoms with Gasteiger partial charge in [0.05, 0.1) is 6.20 Å². The summed E-state index contributed by atoms with van der Waals surface area (Å²) < 4.78 is 1.80. The van der Waals surface area contributed by atoms with Crippen LogP contribution in [0.1, 0.15) is 31.5 Å². The van der Waals surface area contributed by atoms with Crippen LogP contribution in [0.3, 0.4) is 0 Å². The van der Waals surface area contributed by atoms with Crippen molar-refractivity contribution < 1.29 is 14.7 Å². The molecule has 0 aliphatic heterocycles. The van der Waals surface area contributed by atoms with Crippen LogP contribution in [-0.2, 0) is 29.5 Å². The molecule has 2 atom stereocenters. The number of nitrogens with one attached hydrogen (secondary N) is 1. The lowest BCUT2D eigenvalue weighted by molar-refractivity contribution is -0.143. The molecule has 0 saturated carbocycles. The number of hydrogen-bond acceptors (Lipinski definition) is 3. The Labute approximate surface area is 118 Å². The number of carbonyl (C=O) groups is 2. The molecule has 1 unspecified atom stereocenters. The Morgan fingerprint density at radius 3 is 2.80 bits per heavy atom. The monoisotopic (exact) mass is 279 g/mol. The van der Waals surface area contributed by atoms with Crippen LogP contribution in [0.2, 0.25) is 0 Å². The first-order valence-corrected chi connectivity index (χ1v) is 6.93. The number of aliphatic carboxylic acids is 1. The molecule has 1 aromatic rings. The topological polar surface area (TPSA) is 84.2 Å². The third-order valence-corrected chi connectivity index (χ3v) is 3.95. The molecular weight excluding hydrogens is 258 g/mol. The van der Waals surface area contributed by atoms with Crippen molar-refractivity contribution in [2.45, 2.75) is 39.2 Å². The summed E-state index contributed by atoms with van der Waals surface area (Å²) in [6.07, 6.45) is 4.04. The number of hydrogen-bond donors (Lipinski definition) is 2. The number of fused-ring (bicyclic) bond motifs is 1. The van der Waals surface area contributed by atoms with Crippen LogP contribution >= 0.6 is 0 Å². The molecule has 0 aromatic carbocycles. The van der Waals surface area contributed by atoms with E-state index in [4.69, 9.17) is 5.11 Å². The second kappa shape index (κ2) is 5.64. The molecule has 0 bridgehead atoms. The molecule has 0 spiro atoms. The molecule has 0 radical (unpaired) electrons. The Hall–Kier alpha value is -1.85. The maximum atomic E-state index is 12.3. The quantitative estimate of drug-likeness (QED) is 0.852. The predicted molar refractivity (Wildman–Crippen MR) is 73.1 cm³/mol. The van der Waals surface area contributed by atoms with Gasteiger partial charge in [0.15, 0.2) is 0 Å². The second-order valence-corrected chi connectivity index (χ2v) is 5.75. The zero-order valence-electron chi connectivity index (χ0n) is 12.1. The number of carboxylic acids is 1. The third kappa shape index (κ3) is 2.84. The van der Waals surface area contributed by atoms with Crippen molar-refractivity contribution in [2.75, 3.05) is 0 Å². The van der Waals surface area contributed by atoms with Gasteiger partial charge in [-0.25, -0.2) is 4.79 Å². The van der Waals surface area contributed by atoms with Gasteiger partial charge >= 0.3 is 5.97 Å². The lowest BCUT2D eigenvalue weighted by Crippen LogP contribution is -2.47. The fourth-order valence-electron chi connectivity index (χ4n) is 2.65. The molecule has 1 aliphatic rings. The Balaban J connectivity index is 2.04. The van der Waals surface area contributed by atoms with E-state index in [2.05, 4.69) is 10.4 Å². The zero-order chi connectivity index (χ0) is 14.9. The number of rotatable bonds is 4. The third-order valence-electron chi connectivity index (χ3n) is 3.95. The molecule has 0 saturated heterocycles. The molecular formula is C14H21N3O3. The minimum absolute atomic E-state index is 0.132. The first kappa shape index (κ1) is 14.6. The molecule has 110 valence electrons. The number of carboxylic acid groups (broad SMARTS) is 1. The zero-order valence-corrected chi connectivity index (χ0v) is 12.1. The van der Waals surface area contributed by atoms with Crippen molar-refractivity contribution in [3.8, 4) is 0 Å². The molecule has 1 aliphatic carbocycles. The van der Waals surface area contributed by atoms with Gasteiger partial charge in [-0.05, 0) is 24.3 Å². The second-order valence-electron chi connectivity index (χ2n) is 5.75. The lowest BCUT2D eigenvalue weighted by Gasteiger charge is -2.25. The lowest BCUT2D eigenvalue weighted by atomic mass is 9.87. The average Bonchev–Trinajstić information content (AvgIpc) is 2.76. The van der Waals surface area contributed by atoms with Crippen molar-refractivity contribution in [3.63, 3.8) is 0 Å². The van der Waals surface area contributed by atoms with Gasteiger partial charge in [0.1, 0.15) is 6.04 Å². The van der Waals surface area contributed by atoms with E-state index < -0.39 is 12.0 Å². The number of nitrogens with zero attached hydrogens (tertiary/aromatic N) is 2. The van der Waals surface area contributed by atoms with Crippen LogP contribution in [0.15, 0.2) is 6.20 Å². The van der Waals surface area contributed by atoms with Gasteiger partial charge in [-0.1, -0.05) is 13.8 Å². The first-order chi connectivity index (χ1) is 9.40. The van der Waals surface area contributed by atoms with Crippen molar-refractivity contribution in [2.24, 2.45) is 18.9 Å². The van der Waals surface area contributed by atoms with Gasteiger partial charge in [-0.3, -0.25) is 9.48 Å². The number of amides is 1. The highest BCUT2D eigenvalue weighted by Gasteiger charge is 2.30. The highest BCUT2D eigenvalue weighted by molar-refractivity contribution is 5.85. The van der Waals surface area contributed by atoms with E-state index in [1.54, 1.807) is 18.5 Å². The summed E-state index contributed by atoms with van der Waals surface area (Å²) in [5.41, 5.74) is 2.27. The Kier molecular flexibility index (Phi) is 4.11. The highest BCUT2D eigenvalue weighted by Crippen LogP contribution is 2.25. The fourth-order valence-corrected chi connectivity index (χ4v) is 2.65. The van der Waals surface area contributed by atoms with Crippen LogP contribution < -0.4 is 5.32 Å². The van der Waals surface area contributed by atoms with E-state index in [-0.39, 0.29) is 17.7 Å². The maximum Gasteiger partial charge on any atom is 0.326 e. The molecule has 1 heterocycles. The van der Waals surface area contributed by atoms with E-state index >= 15 is 0 Å². The van der Waals surface area contributed by atoms with Gasteiger partial charge in [-0.15, -0.1) is 0 Å². The Morgan fingerprint density at radius 2 is 2.20 bits per heavy atom. The smallest absolute Gasteiger partial charge is 0.326 e. The van der Waals surface area contributed by atoms with Crippen LogP contribution in [-0.4, -0.2) is 32.8 Å². The van der Waals surface area contributed by atoms with Gasteiger partial charge < -0.3 is 10.4 Å². The summed E-state index contributed by atoms with van der Waals surface area (Å²) >= 11 is 0. The summed E-state index contributed by atoms with van der Waals surface area (Å²) in [5, 5.41) is 16.0. The number of aromatic nitrogens is 2. The Morgan fingerprint density at radius 1 is 1.50 bits per heavy atom. The largest absolute Gasteiger partial charge is 0.480 e. The normalized spacial score (nSPS) is 19.5. The molecule has 1 aromatic heterocycles. The van der Waals surface area contributed by atoms with Crippen molar-refractivity contribution in [1.29, 1.82) is 0 Å². The van der Waals surface area contributed by atoms with Crippen LogP contribution in [0.5, 0.6) is 0 Å². The summed E-state index contributed by atoms with van der Waals surface area (Å²) in [5.74, 6) is -1.45. The molecule has 0 fully saturated rings. The highest BCUT2D eigenvalue weighted by atomic mass is 16.4. The van der Waals surface area contributed by atoms with Crippen molar-refractivity contribution >= 4 is 11.9 Å². The van der Waals surface area contributed by atoms with E-state index in [0.717, 1.165) is 18.5 Å². The molecule has 1 amide bonds. The van der Waals surface area contributed by atoms with Gasteiger partial charge in [0.2, 0.25) is 5.91 Å². The Bertz CT molecular complexity index is 522. The van der Waals surface area contributed by atoms with Crippen LogP contribution in [0.4, 0.5) is 0 Å². The van der Waals surface area contributed by atoms with E-state index in [1.165, 1.54) is 5.56 Å². The summed E-state index contributed by atoms with van der Waals surface area (Å²) in [7, 11) is 1.87. The minimum atomic E-state index is -0.981. The van der Waals surface area contributed by atoms with Gasteiger partial charge in [-0.2, -0.15) is 5.10 Å². The molecule has 6 nitrogen and oxygen atoms in total. The number of aryl methyl sites for hydroxylation is 2. The summed E-state index contributed by atoms with van der Waals surface area (Å²) in [6, 6.07) is -0.824. The molecule has 6 heteroatoms. The molecule has 2 N–H and O–H groups in total. The molecule has 20 heavy (non-hydrogen) atoms. The SMILES string of the molecule is CC(C)[C@@H](NC(=O)C1CCc2cnn(C)c2C1)C(=O)O. The summed E-state index contributed by atoms with van der Waals surface area (Å²) in [4.78, 5) is 23.4. The van der Waals surface area contributed by atoms with Gasteiger partial charge in [0.25, 0.3) is 0 Å². The first-order valence-electron chi connectivity index (χ1n) is 6.93. The maximum absolute atomic E-state index is 12.3. The predicted octanol–water partition coefficient (Wildman–Crippen LogP) is 0.750. The van der Waals surface area contributed by atoms with Crippen molar-refractivity contribution in [1.82, 2.24) is 15.1 Å². The minimum Gasteiger partial charge on any atom is -0.480 e. The van der Waals surface area contributed by atoms with E-state index in [0.29, 0.717) is 6.42 Å². The van der Waals surface area contributed by atoms with Crippen LogP contribution in [0.25, 0.3) is 0 Å². The van der Waals surface area contributed by atoms with E-state index in [1.807, 2.05) is 13.2 Å². The average molecular weight is 279 g/mol. The van der Waals surface area contributed by atoms with Crippen molar-refractivity contribution in [3.05, 3.63) is 17.5 Å². The summed E-state index contributed by atoms with van der Waals surface area (Å²) in [6.45, 7) is 3.58. The van der Waals surface area contributed by atoms with E-state index in [9.17, 15) is 9.59 Å².